The summed E-state index contributed by atoms with van der Waals surface area (Å²) in [4.78, 5) is 24.2. The standard InChI is InChI=1S/C22H24N4O2/c1-15-8-6-9-19(17(15)3)25-22(28)11-21(27)23-12-18-13-24-26(14-18)20-10-5-4-7-16(20)2/h4-10,13-14H,11-12H2,1-3H3,(H,23,27)(H,25,28). The van der Waals surface area contributed by atoms with Gasteiger partial charge in [0.1, 0.15) is 6.42 Å². The van der Waals surface area contributed by atoms with Gasteiger partial charge in [0.25, 0.3) is 0 Å². The third-order valence-corrected chi connectivity index (χ3v) is 4.69. The van der Waals surface area contributed by atoms with Crippen molar-refractivity contribution in [3.05, 3.63) is 77.1 Å². The fraction of sp³-hybridized carbons (Fsp3) is 0.227. The molecule has 28 heavy (non-hydrogen) atoms. The van der Waals surface area contributed by atoms with Crippen LogP contribution in [0.3, 0.4) is 0 Å². The molecule has 2 N–H and O–H groups in total. The van der Waals surface area contributed by atoms with Gasteiger partial charge >= 0.3 is 0 Å². The van der Waals surface area contributed by atoms with Crippen molar-refractivity contribution < 1.29 is 9.59 Å². The van der Waals surface area contributed by atoms with Gasteiger partial charge in [-0.3, -0.25) is 9.59 Å². The number of nitrogens with one attached hydrogen (secondary N) is 2. The highest BCUT2D eigenvalue weighted by atomic mass is 16.2. The summed E-state index contributed by atoms with van der Waals surface area (Å²) in [6.07, 6.45) is 3.36. The zero-order chi connectivity index (χ0) is 20.1. The Balaban J connectivity index is 1.53. The van der Waals surface area contributed by atoms with E-state index in [9.17, 15) is 9.59 Å². The Bertz CT molecular complexity index is 1010. The minimum atomic E-state index is -0.332. The highest BCUT2D eigenvalue weighted by molar-refractivity contribution is 6.03. The van der Waals surface area contributed by atoms with Crippen molar-refractivity contribution in [3.8, 4) is 5.69 Å². The normalized spacial score (nSPS) is 10.5. The van der Waals surface area contributed by atoms with Crippen molar-refractivity contribution in [3.63, 3.8) is 0 Å². The van der Waals surface area contributed by atoms with Gasteiger partial charge in [-0.2, -0.15) is 5.10 Å². The molecule has 0 aliphatic carbocycles. The number of carbonyl (C=O) groups is 2. The molecule has 0 unspecified atom stereocenters. The smallest absolute Gasteiger partial charge is 0.233 e. The summed E-state index contributed by atoms with van der Waals surface area (Å²) in [5.74, 6) is -0.659. The molecule has 2 amide bonds. The Kier molecular flexibility index (Phi) is 5.89. The number of amides is 2. The molecule has 3 rings (SSSR count). The molecule has 1 heterocycles. The topological polar surface area (TPSA) is 76.0 Å². The molecule has 0 atom stereocenters. The van der Waals surface area contributed by atoms with Crippen LogP contribution >= 0.6 is 0 Å². The predicted molar refractivity (Wildman–Crippen MR) is 109 cm³/mol. The second kappa shape index (κ2) is 8.52. The van der Waals surface area contributed by atoms with Gasteiger partial charge < -0.3 is 10.6 Å². The Morgan fingerprint density at radius 1 is 0.964 bits per heavy atom. The van der Waals surface area contributed by atoms with Crippen LogP contribution in [0.15, 0.2) is 54.9 Å². The molecule has 1 aromatic heterocycles. The molecule has 0 aliphatic heterocycles. The molecule has 2 aromatic carbocycles. The molecule has 0 radical (unpaired) electrons. The van der Waals surface area contributed by atoms with E-state index in [0.717, 1.165) is 33.6 Å². The lowest BCUT2D eigenvalue weighted by Crippen LogP contribution is -2.27. The van der Waals surface area contributed by atoms with Crippen LogP contribution in [0.1, 0.15) is 28.7 Å². The monoisotopic (exact) mass is 376 g/mol. The molecule has 144 valence electrons. The van der Waals surface area contributed by atoms with Crippen molar-refractivity contribution in [1.29, 1.82) is 0 Å². The summed E-state index contributed by atoms with van der Waals surface area (Å²) >= 11 is 0. The van der Waals surface area contributed by atoms with Crippen molar-refractivity contribution >= 4 is 17.5 Å². The van der Waals surface area contributed by atoms with E-state index in [1.54, 1.807) is 10.9 Å². The lowest BCUT2D eigenvalue weighted by molar-refractivity contribution is -0.126. The number of anilines is 1. The van der Waals surface area contributed by atoms with Crippen molar-refractivity contribution in [1.82, 2.24) is 15.1 Å². The molecular weight excluding hydrogens is 352 g/mol. The van der Waals surface area contributed by atoms with Gasteiger partial charge in [0.2, 0.25) is 11.8 Å². The number of rotatable bonds is 6. The number of carbonyl (C=O) groups excluding carboxylic acids is 2. The van der Waals surface area contributed by atoms with Crippen LogP contribution in [0.25, 0.3) is 5.69 Å². The number of para-hydroxylation sites is 1. The maximum atomic E-state index is 12.1. The number of aryl methyl sites for hydroxylation is 2. The first kappa shape index (κ1) is 19.4. The van der Waals surface area contributed by atoms with Gasteiger partial charge in [-0.15, -0.1) is 0 Å². The fourth-order valence-electron chi connectivity index (χ4n) is 2.89. The average molecular weight is 376 g/mol. The van der Waals surface area contributed by atoms with Crippen molar-refractivity contribution in [2.45, 2.75) is 33.7 Å². The number of hydrogen-bond donors (Lipinski definition) is 2. The minimum Gasteiger partial charge on any atom is -0.351 e. The molecule has 0 spiro atoms. The molecular formula is C22H24N4O2. The second-order valence-corrected chi connectivity index (χ2v) is 6.83. The van der Waals surface area contributed by atoms with Crippen LogP contribution < -0.4 is 10.6 Å². The quantitative estimate of drug-likeness (QED) is 0.647. The summed E-state index contributed by atoms with van der Waals surface area (Å²) in [5.41, 5.74) is 5.80. The highest BCUT2D eigenvalue weighted by Gasteiger charge is 2.12. The van der Waals surface area contributed by atoms with Gasteiger partial charge in [-0.1, -0.05) is 30.3 Å². The van der Waals surface area contributed by atoms with E-state index in [4.69, 9.17) is 0 Å². The number of benzene rings is 2. The van der Waals surface area contributed by atoms with E-state index < -0.39 is 0 Å². The summed E-state index contributed by atoms with van der Waals surface area (Å²) in [7, 11) is 0. The van der Waals surface area contributed by atoms with E-state index in [1.807, 2.05) is 69.4 Å². The van der Waals surface area contributed by atoms with E-state index in [-0.39, 0.29) is 18.2 Å². The van der Waals surface area contributed by atoms with Crippen LogP contribution in [-0.2, 0) is 16.1 Å². The second-order valence-electron chi connectivity index (χ2n) is 6.83. The molecule has 0 aliphatic rings. The van der Waals surface area contributed by atoms with E-state index in [2.05, 4.69) is 15.7 Å². The highest BCUT2D eigenvalue weighted by Crippen LogP contribution is 2.18. The van der Waals surface area contributed by atoms with Crippen molar-refractivity contribution in [2.75, 3.05) is 5.32 Å². The number of aromatic nitrogens is 2. The van der Waals surface area contributed by atoms with Crippen LogP contribution in [0.4, 0.5) is 5.69 Å². The van der Waals surface area contributed by atoms with Gasteiger partial charge in [-0.05, 0) is 49.6 Å². The molecule has 0 saturated carbocycles. The fourth-order valence-corrected chi connectivity index (χ4v) is 2.89. The Morgan fingerprint density at radius 2 is 1.71 bits per heavy atom. The third-order valence-electron chi connectivity index (χ3n) is 4.69. The largest absolute Gasteiger partial charge is 0.351 e. The predicted octanol–water partition coefficient (Wildman–Crippen LogP) is 3.44. The van der Waals surface area contributed by atoms with Gasteiger partial charge in [0.15, 0.2) is 0 Å². The zero-order valence-corrected chi connectivity index (χ0v) is 16.3. The number of nitrogens with zero attached hydrogens (tertiary/aromatic N) is 2. The Morgan fingerprint density at radius 3 is 2.50 bits per heavy atom. The molecule has 6 nitrogen and oxygen atoms in total. The first-order valence-electron chi connectivity index (χ1n) is 9.16. The summed E-state index contributed by atoms with van der Waals surface area (Å²) < 4.78 is 1.78. The lowest BCUT2D eigenvalue weighted by Gasteiger charge is -2.10. The molecule has 0 fully saturated rings. The SMILES string of the molecule is Cc1ccccc1-n1cc(CNC(=O)CC(=O)Nc2cccc(C)c2C)cn1. The van der Waals surface area contributed by atoms with E-state index >= 15 is 0 Å². The minimum absolute atomic E-state index is 0.223. The molecule has 0 bridgehead atoms. The maximum Gasteiger partial charge on any atom is 0.233 e. The molecule has 0 saturated heterocycles. The molecule has 3 aromatic rings. The van der Waals surface area contributed by atoms with E-state index in [1.165, 1.54) is 0 Å². The van der Waals surface area contributed by atoms with Gasteiger partial charge in [-0.25, -0.2) is 4.68 Å². The summed E-state index contributed by atoms with van der Waals surface area (Å²) in [5, 5.41) is 9.91. The summed E-state index contributed by atoms with van der Waals surface area (Å²) in [6, 6.07) is 13.6. The zero-order valence-electron chi connectivity index (χ0n) is 16.3. The molecule has 6 heteroatoms. The van der Waals surface area contributed by atoms with E-state index in [0.29, 0.717) is 6.54 Å². The average Bonchev–Trinajstić information content (AvgIpc) is 3.13. The van der Waals surface area contributed by atoms with Crippen LogP contribution in [0.2, 0.25) is 0 Å². The van der Waals surface area contributed by atoms with Crippen molar-refractivity contribution in [2.24, 2.45) is 0 Å². The Hall–Kier alpha value is -3.41. The first-order valence-corrected chi connectivity index (χ1v) is 9.16. The van der Waals surface area contributed by atoms with Gasteiger partial charge in [0.05, 0.1) is 11.9 Å². The van der Waals surface area contributed by atoms with Crippen LogP contribution in [-0.4, -0.2) is 21.6 Å². The third kappa shape index (κ3) is 4.65. The van der Waals surface area contributed by atoms with Crippen LogP contribution in [0, 0.1) is 20.8 Å². The maximum absolute atomic E-state index is 12.1. The van der Waals surface area contributed by atoms with Crippen LogP contribution in [0.5, 0.6) is 0 Å². The number of hydrogen-bond acceptors (Lipinski definition) is 3. The lowest BCUT2D eigenvalue weighted by atomic mass is 10.1. The Labute approximate surface area is 164 Å². The van der Waals surface area contributed by atoms with Gasteiger partial charge in [0, 0.05) is 24.0 Å². The first-order chi connectivity index (χ1) is 13.4. The summed E-state index contributed by atoms with van der Waals surface area (Å²) in [6.45, 7) is 6.26.